The van der Waals surface area contributed by atoms with Gasteiger partial charge in [0, 0.05) is 18.0 Å². The fraction of sp³-hybridized carbons (Fsp3) is 0.280. The molecule has 0 aliphatic heterocycles. The molecule has 4 rings (SSSR count). The Hall–Kier alpha value is -4.14. The standard InChI is InChI=1S/C25H26N4O5/c1-25(2,17-5-9-19(30)10-6-17)18-7-11-20(12-8-18)33-16-4-3-15-26-21-13-14-22(29(31)32)24-23(21)27-34-28-24/h5-14,26,30H,3-4,15-16H2,1-2H3. The number of hydrogen-bond acceptors (Lipinski definition) is 8. The van der Waals surface area contributed by atoms with Crippen LogP contribution in [0, 0.1) is 10.1 Å². The second-order valence-corrected chi connectivity index (χ2v) is 8.53. The number of phenolic OH excluding ortho intramolecular Hbond substituents is 1. The van der Waals surface area contributed by atoms with Crippen molar-refractivity contribution in [3.05, 3.63) is 81.9 Å². The molecule has 0 radical (unpaired) electrons. The quantitative estimate of drug-likeness (QED) is 0.182. The summed E-state index contributed by atoms with van der Waals surface area (Å²) in [6.07, 6.45) is 1.68. The summed E-state index contributed by atoms with van der Waals surface area (Å²) in [6, 6.07) is 18.4. The van der Waals surface area contributed by atoms with Crippen LogP contribution in [0.3, 0.4) is 0 Å². The van der Waals surface area contributed by atoms with Gasteiger partial charge in [0.15, 0.2) is 5.52 Å². The number of nitrogens with zero attached hydrogens (tertiary/aromatic N) is 3. The Labute approximate surface area is 196 Å². The van der Waals surface area contributed by atoms with E-state index in [1.807, 2.05) is 24.3 Å². The zero-order chi connectivity index (χ0) is 24.1. The van der Waals surface area contributed by atoms with Crippen LogP contribution in [-0.4, -0.2) is 33.5 Å². The van der Waals surface area contributed by atoms with Gasteiger partial charge in [-0.2, -0.15) is 0 Å². The lowest BCUT2D eigenvalue weighted by Gasteiger charge is -2.26. The van der Waals surface area contributed by atoms with Gasteiger partial charge in [0.25, 0.3) is 0 Å². The molecule has 1 heterocycles. The predicted octanol–water partition coefficient (Wildman–Crippen LogP) is 5.43. The minimum absolute atomic E-state index is 0.132. The van der Waals surface area contributed by atoms with Crippen molar-refractivity contribution in [3.63, 3.8) is 0 Å². The van der Waals surface area contributed by atoms with E-state index in [4.69, 9.17) is 4.74 Å². The number of fused-ring (bicyclic) bond motifs is 1. The molecule has 3 aromatic carbocycles. The average Bonchev–Trinajstić information content (AvgIpc) is 3.32. The van der Waals surface area contributed by atoms with Gasteiger partial charge in [0.05, 0.1) is 17.2 Å². The van der Waals surface area contributed by atoms with Gasteiger partial charge in [-0.05, 0) is 64.6 Å². The molecule has 0 saturated heterocycles. The Morgan fingerprint density at radius 1 is 0.971 bits per heavy atom. The Morgan fingerprint density at radius 2 is 1.62 bits per heavy atom. The maximum absolute atomic E-state index is 11.1. The van der Waals surface area contributed by atoms with E-state index in [9.17, 15) is 15.2 Å². The first-order chi connectivity index (χ1) is 16.4. The zero-order valence-electron chi connectivity index (χ0n) is 19.0. The molecule has 9 nitrogen and oxygen atoms in total. The molecule has 2 N–H and O–H groups in total. The summed E-state index contributed by atoms with van der Waals surface area (Å²) in [5, 5.41) is 31.2. The van der Waals surface area contributed by atoms with Gasteiger partial charge in [-0.15, -0.1) is 0 Å². The van der Waals surface area contributed by atoms with Crippen LogP contribution in [-0.2, 0) is 5.41 Å². The predicted molar refractivity (Wildman–Crippen MR) is 128 cm³/mol. The molecular formula is C25H26N4O5. The third-order valence-electron chi connectivity index (χ3n) is 5.91. The van der Waals surface area contributed by atoms with Crippen LogP contribution in [0.25, 0.3) is 11.0 Å². The second kappa shape index (κ2) is 9.78. The summed E-state index contributed by atoms with van der Waals surface area (Å²) in [6.45, 7) is 5.53. The molecule has 9 heteroatoms. The van der Waals surface area contributed by atoms with Crippen LogP contribution < -0.4 is 10.1 Å². The average molecular weight is 463 g/mol. The molecular weight excluding hydrogens is 436 g/mol. The zero-order valence-corrected chi connectivity index (χ0v) is 19.0. The molecule has 176 valence electrons. The van der Waals surface area contributed by atoms with Gasteiger partial charge >= 0.3 is 5.69 Å². The monoisotopic (exact) mass is 462 g/mol. The molecule has 0 aliphatic carbocycles. The van der Waals surface area contributed by atoms with Crippen molar-refractivity contribution in [2.45, 2.75) is 32.1 Å². The molecule has 0 fully saturated rings. The molecule has 0 unspecified atom stereocenters. The van der Waals surface area contributed by atoms with E-state index in [1.54, 1.807) is 18.2 Å². The number of aromatic nitrogens is 2. The maximum atomic E-state index is 11.1. The summed E-state index contributed by atoms with van der Waals surface area (Å²) < 4.78 is 10.5. The maximum Gasteiger partial charge on any atom is 0.300 e. The van der Waals surface area contributed by atoms with Crippen molar-refractivity contribution >= 4 is 22.4 Å². The van der Waals surface area contributed by atoms with Gasteiger partial charge in [0.2, 0.25) is 5.52 Å². The van der Waals surface area contributed by atoms with Crippen molar-refractivity contribution < 1.29 is 19.4 Å². The molecule has 0 bridgehead atoms. The van der Waals surface area contributed by atoms with Gasteiger partial charge < -0.3 is 15.2 Å². The van der Waals surface area contributed by atoms with E-state index < -0.39 is 4.92 Å². The molecule has 34 heavy (non-hydrogen) atoms. The van der Waals surface area contributed by atoms with Gasteiger partial charge in [-0.3, -0.25) is 10.1 Å². The number of nitro benzene ring substituents is 1. The fourth-order valence-electron chi connectivity index (χ4n) is 3.80. The minimum Gasteiger partial charge on any atom is -0.508 e. The highest BCUT2D eigenvalue weighted by Crippen LogP contribution is 2.33. The number of non-ortho nitro benzene ring substituents is 1. The Kier molecular flexibility index (Phi) is 6.62. The van der Waals surface area contributed by atoms with Crippen molar-refractivity contribution in [2.24, 2.45) is 0 Å². The molecule has 1 aromatic heterocycles. The van der Waals surface area contributed by atoms with Crippen LogP contribution in [0.1, 0.15) is 37.8 Å². The third kappa shape index (κ3) is 4.93. The Morgan fingerprint density at radius 3 is 2.29 bits per heavy atom. The van der Waals surface area contributed by atoms with E-state index in [0.29, 0.717) is 24.4 Å². The number of nitro groups is 1. The number of phenols is 1. The minimum atomic E-state index is -0.505. The van der Waals surface area contributed by atoms with Crippen molar-refractivity contribution in [3.8, 4) is 11.5 Å². The Balaban J connectivity index is 1.24. The number of rotatable bonds is 10. The van der Waals surface area contributed by atoms with E-state index in [0.717, 1.165) is 29.7 Å². The van der Waals surface area contributed by atoms with Crippen LogP contribution in [0.4, 0.5) is 11.4 Å². The van der Waals surface area contributed by atoms with Crippen LogP contribution in [0.5, 0.6) is 11.5 Å². The molecule has 0 atom stereocenters. The smallest absolute Gasteiger partial charge is 0.300 e. The SMILES string of the molecule is CC(C)(c1ccc(O)cc1)c1ccc(OCCCCNc2ccc([N+](=O)[O-])c3nonc23)cc1. The summed E-state index contributed by atoms with van der Waals surface area (Å²) in [4.78, 5) is 10.6. The molecule has 0 saturated carbocycles. The van der Waals surface area contributed by atoms with Crippen molar-refractivity contribution in [1.82, 2.24) is 10.3 Å². The van der Waals surface area contributed by atoms with E-state index in [1.165, 1.54) is 6.07 Å². The molecule has 0 amide bonds. The summed E-state index contributed by atoms with van der Waals surface area (Å²) in [7, 11) is 0. The lowest BCUT2D eigenvalue weighted by atomic mass is 9.78. The normalized spacial score (nSPS) is 11.5. The highest BCUT2D eigenvalue weighted by atomic mass is 16.6. The number of anilines is 1. The van der Waals surface area contributed by atoms with E-state index in [-0.39, 0.29) is 22.4 Å². The fourth-order valence-corrected chi connectivity index (χ4v) is 3.80. The van der Waals surface area contributed by atoms with Crippen molar-refractivity contribution in [2.75, 3.05) is 18.5 Å². The highest BCUT2D eigenvalue weighted by molar-refractivity contribution is 5.93. The lowest BCUT2D eigenvalue weighted by Crippen LogP contribution is -2.18. The topological polar surface area (TPSA) is 124 Å². The van der Waals surface area contributed by atoms with Crippen LogP contribution in [0.2, 0.25) is 0 Å². The van der Waals surface area contributed by atoms with Gasteiger partial charge in [-0.1, -0.05) is 38.1 Å². The molecule has 0 spiro atoms. The number of hydrogen-bond donors (Lipinski definition) is 2. The van der Waals surface area contributed by atoms with Gasteiger partial charge in [0.1, 0.15) is 11.5 Å². The number of nitrogens with one attached hydrogen (secondary N) is 1. The van der Waals surface area contributed by atoms with Gasteiger partial charge in [-0.25, -0.2) is 4.63 Å². The number of benzene rings is 3. The first-order valence-corrected chi connectivity index (χ1v) is 11.0. The summed E-state index contributed by atoms with van der Waals surface area (Å²) >= 11 is 0. The molecule has 4 aromatic rings. The third-order valence-corrected chi connectivity index (χ3v) is 5.91. The van der Waals surface area contributed by atoms with E-state index in [2.05, 4.69) is 46.2 Å². The number of unbranched alkanes of at least 4 members (excludes halogenated alkanes) is 1. The van der Waals surface area contributed by atoms with E-state index >= 15 is 0 Å². The Bertz CT molecular complexity index is 1270. The van der Waals surface area contributed by atoms with Crippen LogP contribution >= 0.6 is 0 Å². The molecule has 0 aliphatic rings. The number of ether oxygens (including phenoxy) is 1. The highest BCUT2D eigenvalue weighted by Gasteiger charge is 2.23. The second-order valence-electron chi connectivity index (χ2n) is 8.53. The summed E-state index contributed by atoms with van der Waals surface area (Å²) in [5.41, 5.74) is 3.09. The lowest BCUT2D eigenvalue weighted by molar-refractivity contribution is -0.383. The first-order valence-electron chi connectivity index (χ1n) is 11.0. The van der Waals surface area contributed by atoms with Crippen LogP contribution in [0.15, 0.2) is 65.3 Å². The van der Waals surface area contributed by atoms with Crippen molar-refractivity contribution in [1.29, 1.82) is 0 Å². The summed E-state index contributed by atoms with van der Waals surface area (Å²) in [5.74, 6) is 1.07. The first kappa shape index (κ1) is 23.0. The largest absolute Gasteiger partial charge is 0.508 e. The number of aromatic hydroxyl groups is 1.